The maximum Gasteiger partial charge on any atom is 0.217 e. The minimum absolute atomic E-state index is 0.0104. The molecule has 4 N–H and O–H groups in total. The Morgan fingerprint density at radius 2 is 1.67 bits per heavy atom. The van der Waals surface area contributed by atoms with Gasteiger partial charge in [0.25, 0.3) is 0 Å². The number of Topliss-reactive ketones (excluding diaryl/α,β-unsaturated/α-hetero) is 1. The van der Waals surface area contributed by atoms with Crippen molar-refractivity contribution in [2.45, 2.75) is 19.3 Å². The van der Waals surface area contributed by atoms with Crippen molar-refractivity contribution in [3.05, 3.63) is 29.8 Å². The van der Waals surface area contributed by atoms with Gasteiger partial charge in [-0.05, 0) is 30.7 Å². The third-order valence-electron chi connectivity index (χ3n) is 2.06. The molecule has 0 bridgehead atoms. The number of benzene rings is 1. The fourth-order valence-electron chi connectivity index (χ4n) is 1.24. The minimum atomic E-state index is -0.375. The van der Waals surface area contributed by atoms with Crippen LogP contribution in [0.15, 0.2) is 24.3 Å². The van der Waals surface area contributed by atoms with Gasteiger partial charge in [-0.25, -0.2) is 0 Å². The zero-order valence-electron chi connectivity index (χ0n) is 8.40. The lowest BCUT2D eigenvalue weighted by atomic mass is 10.1. The van der Waals surface area contributed by atoms with Gasteiger partial charge in [-0.3, -0.25) is 9.59 Å². The quantitative estimate of drug-likeness (QED) is 0.558. The largest absolute Gasteiger partial charge is 0.399 e. The Bertz CT molecular complexity index is 357. The number of ketones is 1. The monoisotopic (exact) mass is 206 g/mol. The topological polar surface area (TPSA) is 86.2 Å². The van der Waals surface area contributed by atoms with Crippen LogP contribution in [0.25, 0.3) is 0 Å². The fraction of sp³-hybridized carbons (Fsp3) is 0.273. The number of rotatable bonds is 5. The van der Waals surface area contributed by atoms with Crippen molar-refractivity contribution in [1.82, 2.24) is 0 Å². The van der Waals surface area contributed by atoms with Crippen LogP contribution in [0.3, 0.4) is 0 Å². The Balaban J connectivity index is 2.47. The van der Waals surface area contributed by atoms with E-state index in [-0.39, 0.29) is 18.1 Å². The summed E-state index contributed by atoms with van der Waals surface area (Å²) in [5.41, 5.74) is 11.7. The van der Waals surface area contributed by atoms with Gasteiger partial charge in [-0.15, -0.1) is 0 Å². The Morgan fingerprint density at radius 1 is 1.07 bits per heavy atom. The Hall–Kier alpha value is -1.84. The normalized spacial score (nSPS) is 9.87. The number of nitrogen functional groups attached to an aromatic ring is 1. The summed E-state index contributed by atoms with van der Waals surface area (Å²) in [5, 5.41) is 0. The van der Waals surface area contributed by atoms with E-state index in [1.165, 1.54) is 0 Å². The molecule has 0 aliphatic carbocycles. The van der Waals surface area contributed by atoms with E-state index in [0.717, 1.165) is 0 Å². The molecule has 0 aromatic heterocycles. The molecule has 0 spiro atoms. The molecule has 1 rings (SSSR count). The summed E-state index contributed by atoms with van der Waals surface area (Å²) in [5.74, 6) is -0.364. The maximum atomic E-state index is 11.5. The Morgan fingerprint density at radius 3 is 2.20 bits per heavy atom. The summed E-state index contributed by atoms with van der Waals surface area (Å²) in [6, 6.07) is 6.73. The van der Waals surface area contributed by atoms with Crippen molar-refractivity contribution < 1.29 is 9.59 Å². The molecular formula is C11H14N2O2. The molecule has 1 aromatic rings. The summed E-state index contributed by atoms with van der Waals surface area (Å²) < 4.78 is 0. The van der Waals surface area contributed by atoms with Gasteiger partial charge in [0.2, 0.25) is 5.91 Å². The standard InChI is InChI=1S/C11H14N2O2/c12-9-6-4-8(5-7-9)10(14)2-1-3-11(13)15/h4-7H,1-3,12H2,(H2,13,15). The van der Waals surface area contributed by atoms with E-state index in [4.69, 9.17) is 11.5 Å². The number of nitrogens with two attached hydrogens (primary N) is 2. The smallest absolute Gasteiger partial charge is 0.217 e. The molecule has 4 heteroatoms. The zero-order chi connectivity index (χ0) is 11.3. The molecule has 1 aromatic carbocycles. The third-order valence-corrected chi connectivity index (χ3v) is 2.06. The summed E-state index contributed by atoms with van der Waals surface area (Å²) in [4.78, 5) is 22.0. The lowest BCUT2D eigenvalue weighted by Crippen LogP contribution is -2.10. The zero-order valence-corrected chi connectivity index (χ0v) is 8.40. The van der Waals surface area contributed by atoms with Crippen LogP contribution in [-0.4, -0.2) is 11.7 Å². The second-order valence-corrected chi connectivity index (χ2v) is 3.37. The van der Waals surface area contributed by atoms with Crippen molar-refractivity contribution in [3.63, 3.8) is 0 Å². The molecular weight excluding hydrogens is 192 g/mol. The number of carbonyl (C=O) groups is 2. The van der Waals surface area contributed by atoms with E-state index in [1.54, 1.807) is 24.3 Å². The number of hydrogen-bond donors (Lipinski definition) is 2. The van der Waals surface area contributed by atoms with Crippen LogP contribution in [0.1, 0.15) is 29.6 Å². The number of carbonyl (C=O) groups excluding carboxylic acids is 2. The van der Waals surface area contributed by atoms with Crippen LogP contribution in [0.2, 0.25) is 0 Å². The van der Waals surface area contributed by atoms with E-state index >= 15 is 0 Å². The van der Waals surface area contributed by atoms with Crippen molar-refractivity contribution in [2.75, 3.05) is 5.73 Å². The highest BCUT2D eigenvalue weighted by Gasteiger charge is 2.05. The first-order valence-electron chi connectivity index (χ1n) is 4.76. The highest BCUT2D eigenvalue weighted by Crippen LogP contribution is 2.09. The van der Waals surface area contributed by atoms with E-state index in [0.29, 0.717) is 24.1 Å². The van der Waals surface area contributed by atoms with Gasteiger partial charge in [0, 0.05) is 24.1 Å². The number of amides is 1. The Kier molecular flexibility index (Phi) is 3.85. The number of hydrogen-bond acceptors (Lipinski definition) is 3. The molecule has 4 nitrogen and oxygen atoms in total. The number of anilines is 1. The van der Waals surface area contributed by atoms with Gasteiger partial charge in [0.15, 0.2) is 5.78 Å². The predicted octanol–water partition coefficient (Wildman–Crippen LogP) is 1.11. The van der Waals surface area contributed by atoms with Crippen LogP contribution in [0.4, 0.5) is 5.69 Å². The minimum Gasteiger partial charge on any atom is -0.399 e. The van der Waals surface area contributed by atoms with Gasteiger partial charge in [-0.1, -0.05) is 0 Å². The van der Waals surface area contributed by atoms with Gasteiger partial charge in [-0.2, -0.15) is 0 Å². The van der Waals surface area contributed by atoms with E-state index in [9.17, 15) is 9.59 Å². The van der Waals surface area contributed by atoms with E-state index in [1.807, 2.05) is 0 Å². The lowest BCUT2D eigenvalue weighted by Gasteiger charge is -2.00. The SMILES string of the molecule is NC(=O)CCCC(=O)c1ccc(N)cc1. The van der Waals surface area contributed by atoms with Crippen LogP contribution >= 0.6 is 0 Å². The molecule has 15 heavy (non-hydrogen) atoms. The van der Waals surface area contributed by atoms with Crippen LogP contribution in [0, 0.1) is 0 Å². The summed E-state index contributed by atoms with van der Waals surface area (Å²) in [6.45, 7) is 0. The lowest BCUT2D eigenvalue weighted by molar-refractivity contribution is -0.118. The highest BCUT2D eigenvalue weighted by molar-refractivity contribution is 5.96. The molecule has 0 aliphatic heterocycles. The highest BCUT2D eigenvalue weighted by atomic mass is 16.1. The molecule has 0 saturated carbocycles. The maximum absolute atomic E-state index is 11.5. The molecule has 0 aliphatic rings. The molecule has 0 fully saturated rings. The van der Waals surface area contributed by atoms with Crippen molar-refractivity contribution in [3.8, 4) is 0 Å². The summed E-state index contributed by atoms with van der Waals surface area (Å²) in [6.07, 6.45) is 1.09. The van der Waals surface area contributed by atoms with Crippen LogP contribution in [-0.2, 0) is 4.79 Å². The third kappa shape index (κ3) is 3.81. The molecule has 0 atom stereocenters. The summed E-state index contributed by atoms with van der Waals surface area (Å²) >= 11 is 0. The molecule has 1 amide bonds. The molecule has 0 radical (unpaired) electrons. The first-order chi connectivity index (χ1) is 7.09. The summed E-state index contributed by atoms with van der Waals surface area (Å²) in [7, 11) is 0. The average Bonchev–Trinajstić information content (AvgIpc) is 2.18. The fourth-order valence-corrected chi connectivity index (χ4v) is 1.24. The first-order valence-corrected chi connectivity index (χ1v) is 4.76. The van der Waals surface area contributed by atoms with Crippen molar-refractivity contribution >= 4 is 17.4 Å². The van der Waals surface area contributed by atoms with Gasteiger partial charge in [0.1, 0.15) is 0 Å². The molecule has 80 valence electrons. The first kappa shape index (κ1) is 11.2. The second-order valence-electron chi connectivity index (χ2n) is 3.37. The second kappa shape index (κ2) is 5.14. The van der Waals surface area contributed by atoms with Crippen molar-refractivity contribution in [2.24, 2.45) is 5.73 Å². The van der Waals surface area contributed by atoms with Crippen LogP contribution in [0.5, 0.6) is 0 Å². The predicted molar refractivity (Wildman–Crippen MR) is 58.2 cm³/mol. The van der Waals surface area contributed by atoms with E-state index < -0.39 is 0 Å². The van der Waals surface area contributed by atoms with Gasteiger partial charge >= 0.3 is 0 Å². The molecule has 0 heterocycles. The van der Waals surface area contributed by atoms with Crippen LogP contribution < -0.4 is 11.5 Å². The van der Waals surface area contributed by atoms with Crippen molar-refractivity contribution in [1.29, 1.82) is 0 Å². The van der Waals surface area contributed by atoms with Gasteiger partial charge < -0.3 is 11.5 Å². The molecule has 0 saturated heterocycles. The van der Waals surface area contributed by atoms with E-state index in [2.05, 4.69) is 0 Å². The average molecular weight is 206 g/mol. The Labute approximate surface area is 88.3 Å². The van der Waals surface area contributed by atoms with Gasteiger partial charge in [0.05, 0.1) is 0 Å². The molecule has 0 unspecified atom stereocenters. The number of primary amides is 1.